The van der Waals surface area contributed by atoms with E-state index in [1.807, 2.05) is 6.07 Å². The summed E-state index contributed by atoms with van der Waals surface area (Å²) in [6.45, 7) is 1.67. The highest BCUT2D eigenvalue weighted by Gasteiger charge is 2.36. The van der Waals surface area contributed by atoms with Crippen LogP contribution in [0.1, 0.15) is 37.7 Å². The number of nitriles is 1. The van der Waals surface area contributed by atoms with Crippen molar-refractivity contribution in [1.82, 2.24) is 10.2 Å². The van der Waals surface area contributed by atoms with Crippen molar-refractivity contribution in [2.24, 2.45) is 5.92 Å². The van der Waals surface area contributed by atoms with Gasteiger partial charge in [0.25, 0.3) is 0 Å². The van der Waals surface area contributed by atoms with Crippen molar-refractivity contribution < 1.29 is 4.79 Å². The predicted molar refractivity (Wildman–Crippen MR) is 89.6 cm³/mol. The van der Waals surface area contributed by atoms with Gasteiger partial charge in [0, 0.05) is 6.54 Å². The van der Waals surface area contributed by atoms with Crippen LogP contribution >= 0.6 is 0 Å². The highest BCUT2D eigenvalue weighted by Crippen LogP contribution is 2.24. The number of carbonyl (C=O) groups is 1. The number of nitrogens with zero attached hydrogens (tertiary/aromatic N) is 2. The molecule has 3 rings (SSSR count). The first kappa shape index (κ1) is 16.0. The summed E-state index contributed by atoms with van der Waals surface area (Å²) < 4.78 is 0. The highest BCUT2D eigenvalue weighted by atomic mass is 16.2. The predicted octanol–water partition coefficient (Wildman–Crippen LogP) is 2.50. The summed E-state index contributed by atoms with van der Waals surface area (Å²) >= 11 is 0. The van der Waals surface area contributed by atoms with Crippen molar-refractivity contribution in [3.05, 3.63) is 35.9 Å². The van der Waals surface area contributed by atoms with Gasteiger partial charge in [0.2, 0.25) is 5.91 Å². The van der Waals surface area contributed by atoms with Gasteiger partial charge in [-0.3, -0.25) is 4.79 Å². The van der Waals surface area contributed by atoms with E-state index in [1.54, 1.807) is 4.90 Å². The van der Waals surface area contributed by atoms with Gasteiger partial charge in [-0.2, -0.15) is 5.26 Å². The van der Waals surface area contributed by atoms with Crippen molar-refractivity contribution in [2.45, 2.75) is 50.6 Å². The number of aryl methyl sites for hydroxylation is 1. The van der Waals surface area contributed by atoms with Gasteiger partial charge < -0.3 is 10.2 Å². The third kappa shape index (κ3) is 3.92. The first-order valence-corrected chi connectivity index (χ1v) is 8.75. The van der Waals surface area contributed by atoms with Gasteiger partial charge in [-0.1, -0.05) is 30.3 Å². The van der Waals surface area contributed by atoms with Crippen LogP contribution < -0.4 is 5.32 Å². The van der Waals surface area contributed by atoms with Crippen LogP contribution in [0, 0.1) is 17.2 Å². The molecule has 122 valence electrons. The lowest BCUT2D eigenvalue weighted by Crippen LogP contribution is -2.45. The van der Waals surface area contributed by atoms with Gasteiger partial charge in [0.1, 0.15) is 6.04 Å². The second-order valence-electron chi connectivity index (χ2n) is 6.76. The lowest BCUT2D eigenvalue weighted by atomic mass is 9.96. The normalized spacial score (nSPS) is 27.1. The summed E-state index contributed by atoms with van der Waals surface area (Å²) in [5, 5.41) is 12.5. The Morgan fingerprint density at radius 2 is 2.17 bits per heavy atom. The molecule has 2 aliphatic heterocycles. The molecule has 4 nitrogen and oxygen atoms in total. The molecule has 0 aromatic heterocycles. The molecule has 23 heavy (non-hydrogen) atoms. The van der Waals surface area contributed by atoms with Crippen molar-refractivity contribution in [3.63, 3.8) is 0 Å². The monoisotopic (exact) mass is 311 g/mol. The average molecular weight is 311 g/mol. The fraction of sp³-hybridized carbons (Fsp3) is 0.579. The van der Waals surface area contributed by atoms with Crippen LogP contribution in [0.15, 0.2) is 30.3 Å². The van der Waals surface area contributed by atoms with Crippen LogP contribution in [0.2, 0.25) is 0 Å². The smallest absolute Gasteiger partial charge is 0.240 e. The summed E-state index contributed by atoms with van der Waals surface area (Å²) in [7, 11) is 0. The Hall–Kier alpha value is -1.86. The molecule has 4 heteroatoms. The molecule has 0 aliphatic carbocycles. The summed E-state index contributed by atoms with van der Waals surface area (Å²) in [5.41, 5.74) is 1.39. The van der Waals surface area contributed by atoms with E-state index in [0.29, 0.717) is 5.92 Å². The number of benzene rings is 1. The standard InChI is InChI=1S/C19H25N3O/c20-13-17-10-5-11-22(17)19(23)18-12-16(14-21-18)9-4-8-15-6-2-1-3-7-15/h1-3,6-7,16-18,21H,4-5,8-12,14H2/t16-,17-,18-/m0/s1. The molecular weight excluding hydrogens is 286 g/mol. The number of hydrogen-bond acceptors (Lipinski definition) is 3. The number of likely N-dealkylation sites (tertiary alicyclic amines) is 1. The topological polar surface area (TPSA) is 56.1 Å². The van der Waals surface area contributed by atoms with Crippen molar-refractivity contribution in [1.29, 1.82) is 5.26 Å². The summed E-state index contributed by atoms with van der Waals surface area (Å²) in [5.74, 6) is 0.718. The molecule has 1 aromatic rings. The molecule has 1 aromatic carbocycles. The second-order valence-corrected chi connectivity index (χ2v) is 6.76. The third-order valence-electron chi connectivity index (χ3n) is 5.13. The molecule has 1 amide bonds. The number of amides is 1. The first-order chi connectivity index (χ1) is 11.3. The van der Waals surface area contributed by atoms with Crippen LogP contribution in [0.25, 0.3) is 0 Å². The zero-order valence-electron chi connectivity index (χ0n) is 13.6. The van der Waals surface area contributed by atoms with Gasteiger partial charge in [0.05, 0.1) is 12.1 Å². The molecule has 1 N–H and O–H groups in total. The van der Waals surface area contributed by atoms with Crippen LogP contribution in [0.3, 0.4) is 0 Å². The van der Waals surface area contributed by atoms with E-state index >= 15 is 0 Å². The van der Waals surface area contributed by atoms with Crippen LogP contribution in [-0.4, -0.2) is 36.0 Å². The highest BCUT2D eigenvalue weighted by molar-refractivity contribution is 5.83. The summed E-state index contributed by atoms with van der Waals surface area (Å²) in [4.78, 5) is 14.4. The van der Waals surface area contributed by atoms with Gasteiger partial charge >= 0.3 is 0 Å². The molecule has 3 atom stereocenters. The Bertz CT molecular complexity index is 566. The van der Waals surface area contributed by atoms with E-state index in [0.717, 1.165) is 45.2 Å². The number of rotatable bonds is 5. The van der Waals surface area contributed by atoms with Gasteiger partial charge in [-0.15, -0.1) is 0 Å². The maximum absolute atomic E-state index is 12.6. The van der Waals surface area contributed by atoms with Crippen molar-refractivity contribution in [2.75, 3.05) is 13.1 Å². The number of carbonyl (C=O) groups excluding carboxylic acids is 1. The molecule has 0 radical (unpaired) electrons. The van der Waals surface area contributed by atoms with E-state index in [9.17, 15) is 4.79 Å². The van der Waals surface area contributed by atoms with E-state index in [4.69, 9.17) is 5.26 Å². The number of nitrogens with one attached hydrogen (secondary N) is 1. The molecular formula is C19H25N3O. The number of hydrogen-bond donors (Lipinski definition) is 1. The Labute approximate surface area is 138 Å². The molecule has 2 fully saturated rings. The molecule has 2 heterocycles. The Morgan fingerprint density at radius 3 is 2.96 bits per heavy atom. The van der Waals surface area contributed by atoms with E-state index < -0.39 is 0 Å². The Kier molecular flexibility index (Phi) is 5.30. The maximum Gasteiger partial charge on any atom is 0.240 e. The zero-order chi connectivity index (χ0) is 16.1. The minimum absolute atomic E-state index is 0.0781. The Balaban J connectivity index is 1.43. The SMILES string of the molecule is N#C[C@@H]1CCCN1C(=O)[C@@H]1C[C@H](CCCc2ccccc2)CN1. The Morgan fingerprint density at radius 1 is 1.35 bits per heavy atom. The van der Waals surface area contributed by atoms with E-state index in [1.165, 1.54) is 12.0 Å². The van der Waals surface area contributed by atoms with E-state index in [2.05, 4.69) is 35.7 Å². The molecule has 2 aliphatic rings. The fourth-order valence-corrected chi connectivity index (χ4v) is 3.82. The lowest BCUT2D eigenvalue weighted by molar-refractivity contribution is -0.133. The van der Waals surface area contributed by atoms with Gasteiger partial charge in [-0.25, -0.2) is 0 Å². The second kappa shape index (κ2) is 7.61. The third-order valence-corrected chi connectivity index (χ3v) is 5.13. The van der Waals surface area contributed by atoms with Crippen LogP contribution in [0.5, 0.6) is 0 Å². The van der Waals surface area contributed by atoms with Crippen molar-refractivity contribution in [3.8, 4) is 6.07 Å². The fourth-order valence-electron chi connectivity index (χ4n) is 3.82. The van der Waals surface area contributed by atoms with Gasteiger partial charge in [0.15, 0.2) is 0 Å². The average Bonchev–Trinajstić information content (AvgIpc) is 3.24. The minimum atomic E-state index is -0.207. The molecule has 2 saturated heterocycles. The van der Waals surface area contributed by atoms with Crippen LogP contribution in [-0.2, 0) is 11.2 Å². The lowest BCUT2D eigenvalue weighted by Gasteiger charge is -2.23. The molecule has 0 saturated carbocycles. The molecule has 0 bridgehead atoms. The first-order valence-electron chi connectivity index (χ1n) is 8.75. The molecule has 0 unspecified atom stereocenters. The van der Waals surface area contributed by atoms with Crippen LogP contribution in [0.4, 0.5) is 0 Å². The summed E-state index contributed by atoms with van der Waals surface area (Å²) in [6.07, 6.45) is 6.14. The molecule has 0 spiro atoms. The maximum atomic E-state index is 12.6. The van der Waals surface area contributed by atoms with Gasteiger partial charge in [-0.05, 0) is 56.6 Å². The van der Waals surface area contributed by atoms with E-state index in [-0.39, 0.29) is 18.0 Å². The minimum Gasteiger partial charge on any atom is -0.325 e. The quantitative estimate of drug-likeness (QED) is 0.909. The summed E-state index contributed by atoms with van der Waals surface area (Å²) in [6, 6.07) is 12.5. The van der Waals surface area contributed by atoms with Crippen molar-refractivity contribution >= 4 is 5.91 Å². The zero-order valence-corrected chi connectivity index (χ0v) is 13.6. The largest absolute Gasteiger partial charge is 0.325 e.